The third kappa shape index (κ3) is 5.79. The minimum absolute atomic E-state index is 0.216. The monoisotopic (exact) mass is 338 g/mol. The zero-order valence-corrected chi connectivity index (χ0v) is 13.0. The van der Waals surface area contributed by atoms with E-state index in [0.717, 1.165) is 21.5 Å². The second kappa shape index (κ2) is 6.66. The Morgan fingerprint density at radius 3 is 2.71 bits per heavy atom. The molecule has 0 aliphatic rings. The van der Waals surface area contributed by atoms with E-state index in [1.165, 1.54) is 6.26 Å². The lowest BCUT2D eigenvalue weighted by molar-refractivity contribution is 0.411. The molecule has 0 saturated heterocycles. The Kier molecular flexibility index (Phi) is 5.82. The lowest BCUT2D eigenvalue weighted by atomic mass is 10.2. The van der Waals surface area contributed by atoms with E-state index in [2.05, 4.69) is 15.9 Å². The van der Waals surface area contributed by atoms with Crippen molar-refractivity contribution >= 4 is 37.5 Å². The molecule has 0 aliphatic carbocycles. The minimum atomic E-state index is -2.86. The van der Waals surface area contributed by atoms with Crippen LogP contribution in [0.1, 0.15) is 5.56 Å². The summed E-state index contributed by atoms with van der Waals surface area (Å²) in [5.74, 6) is 2.40. The topological polar surface area (TPSA) is 43.4 Å². The fourth-order valence-electron chi connectivity index (χ4n) is 1.25. The van der Waals surface area contributed by atoms with Crippen LogP contribution in [0, 0.1) is 0 Å². The Bertz CT molecular complexity index is 472. The first-order valence-corrected chi connectivity index (χ1v) is 9.01. The van der Waals surface area contributed by atoms with Gasteiger partial charge in [0.05, 0.1) is 12.9 Å². The van der Waals surface area contributed by atoms with Gasteiger partial charge in [0.2, 0.25) is 0 Å². The van der Waals surface area contributed by atoms with Crippen LogP contribution in [0.2, 0.25) is 0 Å². The Balaban J connectivity index is 2.54. The van der Waals surface area contributed by atoms with Crippen molar-refractivity contribution in [3.05, 3.63) is 28.2 Å². The van der Waals surface area contributed by atoms with Crippen molar-refractivity contribution in [1.82, 2.24) is 0 Å². The van der Waals surface area contributed by atoms with E-state index in [4.69, 9.17) is 4.74 Å². The molecule has 0 saturated carbocycles. The second-order valence-corrected chi connectivity index (χ2v) is 7.92. The van der Waals surface area contributed by atoms with Crippen molar-refractivity contribution in [2.75, 3.05) is 24.9 Å². The lowest BCUT2D eigenvalue weighted by Crippen LogP contribution is -2.05. The number of thioether (sulfide) groups is 1. The number of rotatable bonds is 6. The van der Waals surface area contributed by atoms with Gasteiger partial charge in [-0.3, -0.25) is 0 Å². The van der Waals surface area contributed by atoms with Crippen molar-refractivity contribution in [1.29, 1.82) is 0 Å². The summed E-state index contributed by atoms with van der Waals surface area (Å²) >= 11 is 5.00. The first-order chi connectivity index (χ1) is 7.92. The zero-order valence-electron chi connectivity index (χ0n) is 9.77. The zero-order chi connectivity index (χ0) is 12.9. The molecule has 3 nitrogen and oxygen atoms in total. The summed E-state index contributed by atoms with van der Waals surface area (Å²) in [6, 6.07) is 5.81. The molecule has 1 aromatic rings. The van der Waals surface area contributed by atoms with Gasteiger partial charge in [0.1, 0.15) is 15.6 Å². The number of halogens is 1. The molecule has 0 N–H and O–H groups in total. The van der Waals surface area contributed by atoms with Gasteiger partial charge < -0.3 is 4.74 Å². The highest BCUT2D eigenvalue weighted by atomic mass is 79.9. The number of hydrogen-bond donors (Lipinski definition) is 0. The van der Waals surface area contributed by atoms with Crippen LogP contribution in [-0.2, 0) is 15.6 Å². The van der Waals surface area contributed by atoms with Crippen LogP contribution >= 0.6 is 27.7 Å². The average Bonchev–Trinajstić information content (AvgIpc) is 2.23. The highest BCUT2D eigenvalue weighted by Crippen LogP contribution is 2.26. The minimum Gasteiger partial charge on any atom is -0.496 e. The normalized spacial score (nSPS) is 11.5. The van der Waals surface area contributed by atoms with Gasteiger partial charge in [-0.15, -0.1) is 0 Å². The average molecular weight is 339 g/mol. The number of benzene rings is 1. The number of hydrogen-bond acceptors (Lipinski definition) is 4. The molecule has 0 spiro atoms. The maximum Gasteiger partial charge on any atom is 0.148 e. The number of ether oxygens (including phenoxy) is 1. The highest BCUT2D eigenvalue weighted by Gasteiger charge is 2.06. The fourth-order valence-corrected chi connectivity index (χ4v) is 3.93. The van der Waals surface area contributed by atoms with Crippen molar-refractivity contribution in [2.24, 2.45) is 0 Å². The van der Waals surface area contributed by atoms with Crippen molar-refractivity contribution in [3.8, 4) is 5.75 Å². The Hall–Kier alpha value is -0.200. The first-order valence-electron chi connectivity index (χ1n) is 5.00. The van der Waals surface area contributed by atoms with Crippen molar-refractivity contribution in [2.45, 2.75) is 5.75 Å². The van der Waals surface area contributed by atoms with Gasteiger partial charge in [0.15, 0.2) is 0 Å². The van der Waals surface area contributed by atoms with Gasteiger partial charge in [-0.25, -0.2) is 8.42 Å². The third-order valence-electron chi connectivity index (χ3n) is 2.10. The quantitative estimate of drug-likeness (QED) is 0.748. The van der Waals surface area contributed by atoms with Crippen molar-refractivity contribution < 1.29 is 13.2 Å². The van der Waals surface area contributed by atoms with Crippen LogP contribution in [0.3, 0.4) is 0 Å². The third-order valence-corrected chi connectivity index (χ3v) is 4.80. The van der Waals surface area contributed by atoms with Gasteiger partial charge >= 0.3 is 0 Å². The van der Waals surface area contributed by atoms with Crippen molar-refractivity contribution in [3.63, 3.8) is 0 Å². The van der Waals surface area contributed by atoms with Crippen LogP contribution < -0.4 is 4.74 Å². The smallest absolute Gasteiger partial charge is 0.148 e. The van der Waals surface area contributed by atoms with E-state index >= 15 is 0 Å². The van der Waals surface area contributed by atoms with E-state index in [-0.39, 0.29) is 5.75 Å². The predicted octanol–water partition coefficient (Wildman–Crippen LogP) is 2.74. The van der Waals surface area contributed by atoms with Crippen LogP contribution in [0.5, 0.6) is 5.75 Å². The molecule has 0 heterocycles. The largest absolute Gasteiger partial charge is 0.496 e. The summed E-state index contributed by atoms with van der Waals surface area (Å²) in [7, 11) is -1.23. The van der Waals surface area contributed by atoms with Gasteiger partial charge in [-0.1, -0.05) is 15.9 Å². The Morgan fingerprint density at radius 2 is 2.12 bits per heavy atom. The molecule has 96 valence electrons. The molecule has 1 aromatic carbocycles. The molecule has 0 aromatic heterocycles. The maximum absolute atomic E-state index is 11.0. The van der Waals surface area contributed by atoms with E-state index in [0.29, 0.717) is 5.75 Å². The summed E-state index contributed by atoms with van der Waals surface area (Å²) in [6.07, 6.45) is 1.26. The number of sulfone groups is 1. The molecule has 0 radical (unpaired) electrons. The summed E-state index contributed by atoms with van der Waals surface area (Å²) < 4.78 is 28.2. The van der Waals surface area contributed by atoms with Crippen LogP contribution in [-0.4, -0.2) is 33.3 Å². The molecule has 0 fully saturated rings. The lowest BCUT2D eigenvalue weighted by Gasteiger charge is -2.08. The fraction of sp³-hybridized carbons (Fsp3) is 0.455. The molecule has 0 bridgehead atoms. The van der Waals surface area contributed by atoms with E-state index in [1.807, 2.05) is 18.2 Å². The van der Waals surface area contributed by atoms with Crippen LogP contribution in [0.25, 0.3) is 0 Å². The second-order valence-electron chi connectivity index (χ2n) is 3.64. The highest BCUT2D eigenvalue weighted by molar-refractivity contribution is 9.10. The molecule has 1 rings (SSSR count). The molecule has 0 atom stereocenters. The summed E-state index contributed by atoms with van der Waals surface area (Å²) in [6.45, 7) is 0. The van der Waals surface area contributed by atoms with Gasteiger partial charge in [-0.05, 0) is 18.2 Å². The molecular weight excluding hydrogens is 324 g/mol. The molecule has 17 heavy (non-hydrogen) atoms. The summed E-state index contributed by atoms with van der Waals surface area (Å²) in [5.41, 5.74) is 1.07. The van der Waals surface area contributed by atoms with E-state index in [9.17, 15) is 8.42 Å². The van der Waals surface area contributed by atoms with Gasteiger partial charge in [0.25, 0.3) is 0 Å². The number of methoxy groups -OCH3 is 1. The Labute approximate surface area is 115 Å². The SMILES string of the molecule is COc1ccc(Br)cc1CSCCS(C)(=O)=O. The predicted molar refractivity (Wildman–Crippen MR) is 76.6 cm³/mol. The van der Waals surface area contributed by atoms with Crippen LogP contribution in [0.15, 0.2) is 22.7 Å². The van der Waals surface area contributed by atoms with Gasteiger partial charge in [-0.2, -0.15) is 11.8 Å². The Morgan fingerprint density at radius 1 is 1.41 bits per heavy atom. The van der Waals surface area contributed by atoms with Gasteiger partial charge in [0, 0.05) is 27.8 Å². The molecule has 0 aliphatic heterocycles. The molecule has 6 heteroatoms. The summed E-state index contributed by atoms with van der Waals surface area (Å²) in [4.78, 5) is 0. The molecule has 0 amide bonds. The van der Waals surface area contributed by atoms with Crippen LogP contribution in [0.4, 0.5) is 0 Å². The van der Waals surface area contributed by atoms with E-state index < -0.39 is 9.84 Å². The van der Waals surface area contributed by atoms with E-state index in [1.54, 1.807) is 18.9 Å². The molecular formula is C11H15BrO3S2. The summed E-state index contributed by atoms with van der Waals surface area (Å²) in [5, 5.41) is 0. The molecule has 0 unspecified atom stereocenters. The standard InChI is InChI=1S/C11H15BrO3S2/c1-15-11-4-3-10(12)7-9(11)8-16-5-6-17(2,13)14/h3-4,7H,5-6,8H2,1-2H3. The first kappa shape index (κ1) is 14.9. The maximum atomic E-state index is 11.0.